The summed E-state index contributed by atoms with van der Waals surface area (Å²) >= 11 is 0. The minimum Gasteiger partial charge on any atom is -0.491 e. The van der Waals surface area contributed by atoms with Crippen molar-refractivity contribution in [2.75, 3.05) is 39.5 Å². The maximum absolute atomic E-state index is 11.9. The summed E-state index contributed by atoms with van der Waals surface area (Å²) in [5.74, 6) is 1.32. The van der Waals surface area contributed by atoms with Crippen molar-refractivity contribution in [2.24, 2.45) is 0 Å². The minimum atomic E-state index is -1.27. The number of hydrogen-bond acceptors (Lipinski definition) is 8. The van der Waals surface area contributed by atoms with Crippen LogP contribution < -0.4 is 9.47 Å². The molecule has 0 aliphatic heterocycles. The zero-order valence-electron chi connectivity index (χ0n) is 32.1. The molecule has 10 heteroatoms. The molecule has 0 aliphatic carbocycles. The normalized spacial score (nSPS) is 11.8. The maximum atomic E-state index is 11.9. The van der Waals surface area contributed by atoms with Gasteiger partial charge in [-0.2, -0.15) is 0 Å². The van der Waals surface area contributed by atoms with Gasteiger partial charge in [-0.1, -0.05) is 159 Å². The molecule has 0 saturated carbocycles. The van der Waals surface area contributed by atoms with E-state index in [9.17, 15) is 20.2 Å². The van der Waals surface area contributed by atoms with Gasteiger partial charge in [0.25, 0.3) is 0 Å². The Bertz CT molecular complexity index is 1930. The van der Waals surface area contributed by atoms with Gasteiger partial charge in [-0.05, 0) is 57.6 Å². The van der Waals surface area contributed by atoms with Gasteiger partial charge >= 0.3 is 0 Å². The summed E-state index contributed by atoms with van der Waals surface area (Å²) in [7, 11) is 0. The number of rotatable bonds is 20. The van der Waals surface area contributed by atoms with Gasteiger partial charge in [-0.15, -0.1) is 0 Å². The van der Waals surface area contributed by atoms with E-state index in [2.05, 4.69) is 13.8 Å². The monoisotopic (exact) mass is 766 g/mol. The highest BCUT2D eigenvalue weighted by Crippen LogP contribution is 2.37. The van der Waals surface area contributed by atoms with E-state index in [1.54, 1.807) is 0 Å². The Balaban J connectivity index is 1.05. The van der Waals surface area contributed by atoms with E-state index >= 15 is 0 Å². The van der Waals surface area contributed by atoms with E-state index in [-0.39, 0.29) is 41.7 Å². The molecule has 57 heavy (non-hydrogen) atoms. The second-order valence-corrected chi connectivity index (χ2v) is 14.2. The minimum absolute atomic E-state index is 0.130. The maximum Gasteiger partial charge on any atom is 0.240 e. The largest absolute Gasteiger partial charge is 0.491 e. The fraction of sp³-hybridized carbons (Fsp3) is 0.234. The molecule has 0 N–H and O–H groups in total. The third-order valence-electron chi connectivity index (χ3n) is 10.2. The SMILES string of the molecule is CC(C)(c1ccc(OCCOC(C[N+](=O)[O-])(c2ccccc2)c2ccccc2)cc1)c1ccc(OCCOC(C[N+](=O)[O-])(c2ccccc2)c2ccccc2)cc1. The fourth-order valence-corrected chi connectivity index (χ4v) is 7.17. The summed E-state index contributed by atoms with van der Waals surface area (Å²) in [6, 6.07) is 52.8. The summed E-state index contributed by atoms with van der Waals surface area (Å²) in [5, 5.41) is 23.8. The van der Waals surface area contributed by atoms with E-state index < -0.39 is 24.3 Å². The molecule has 10 nitrogen and oxygen atoms in total. The molecular weight excluding hydrogens is 721 g/mol. The van der Waals surface area contributed by atoms with E-state index in [4.69, 9.17) is 18.9 Å². The quantitative estimate of drug-likeness (QED) is 0.0428. The van der Waals surface area contributed by atoms with Crippen molar-refractivity contribution in [1.82, 2.24) is 0 Å². The van der Waals surface area contributed by atoms with Crippen LogP contribution in [0.2, 0.25) is 0 Å². The summed E-state index contributed by atoms with van der Waals surface area (Å²) in [6.07, 6.45) is 0. The van der Waals surface area contributed by atoms with Gasteiger partial charge in [0.2, 0.25) is 13.1 Å². The molecule has 6 aromatic rings. The third kappa shape index (κ3) is 9.72. The molecule has 0 bridgehead atoms. The van der Waals surface area contributed by atoms with E-state index in [1.165, 1.54) is 0 Å². The lowest BCUT2D eigenvalue weighted by Gasteiger charge is -2.31. The number of nitro groups is 2. The molecule has 0 atom stereocenters. The summed E-state index contributed by atoms with van der Waals surface area (Å²) < 4.78 is 24.8. The molecule has 0 aliphatic rings. The molecule has 6 rings (SSSR count). The highest BCUT2D eigenvalue weighted by Gasteiger charge is 2.42. The molecule has 0 spiro atoms. The molecule has 0 aromatic heterocycles. The zero-order valence-corrected chi connectivity index (χ0v) is 32.1. The average Bonchev–Trinajstić information content (AvgIpc) is 3.24. The Morgan fingerprint density at radius 3 is 0.947 bits per heavy atom. The van der Waals surface area contributed by atoms with Crippen LogP contribution in [0.1, 0.15) is 47.2 Å². The highest BCUT2D eigenvalue weighted by molar-refractivity contribution is 5.42. The molecule has 0 unspecified atom stereocenters. The first-order valence-corrected chi connectivity index (χ1v) is 18.8. The Labute approximate surface area is 332 Å². The van der Waals surface area contributed by atoms with Gasteiger partial charge in [0.1, 0.15) is 24.7 Å². The van der Waals surface area contributed by atoms with Crippen LogP contribution in [0.3, 0.4) is 0 Å². The predicted molar refractivity (Wildman–Crippen MR) is 219 cm³/mol. The lowest BCUT2D eigenvalue weighted by Crippen LogP contribution is -2.39. The molecular formula is C47H46N2O8. The van der Waals surface area contributed by atoms with Crippen molar-refractivity contribution in [3.63, 3.8) is 0 Å². The zero-order chi connectivity index (χ0) is 40.1. The van der Waals surface area contributed by atoms with Crippen LogP contribution in [0.15, 0.2) is 170 Å². The van der Waals surface area contributed by atoms with Crippen LogP contribution in [0.4, 0.5) is 0 Å². The van der Waals surface area contributed by atoms with Crippen LogP contribution in [0, 0.1) is 20.2 Å². The van der Waals surface area contributed by atoms with Crippen LogP contribution in [-0.4, -0.2) is 49.4 Å². The van der Waals surface area contributed by atoms with Crippen LogP contribution in [0.5, 0.6) is 11.5 Å². The first kappa shape index (κ1) is 40.3. The van der Waals surface area contributed by atoms with E-state index in [1.807, 2.05) is 170 Å². The van der Waals surface area contributed by atoms with Gasteiger partial charge in [-0.25, -0.2) is 0 Å². The Morgan fingerprint density at radius 1 is 0.404 bits per heavy atom. The standard InChI is InChI=1S/C47H46N2O8/c1-45(2,37-23-27-43(28-24-37)54-31-33-56-46(35-48(50)51,39-15-7-3-8-16-39)40-17-9-4-10-18-40)38-25-29-44(30-26-38)55-32-34-57-47(36-49(52)53,41-19-11-5-12-20-41)42-21-13-6-14-22-42/h3-30H,31-36H2,1-2H3. The molecule has 0 amide bonds. The van der Waals surface area contributed by atoms with Gasteiger partial charge in [0.15, 0.2) is 11.2 Å². The van der Waals surface area contributed by atoms with Crippen molar-refractivity contribution < 1.29 is 28.8 Å². The predicted octanol–water partition coefficient (Wildman–Crippen LogP) is 9.24. The molecule has 0 heterocycles. The Morgan fingerprint density at radius 2 is 0.684 bits per heavy atom. The Hall–Kier alpha value is -6.36. The number of nitrogens with zero attached hydrogens (tertiary/aromatic N) is 2. The second kappa shape index (κ2) is 18.5. The molecule has 0 fully saturated rings. The number of hydrogen-bond donors (Lipinski definition) is 0. The summed E-state index contributed by atoms with van der Waals surface area (Å²) in [6.45, 7) is 4.09. The van der Waals surface area contributed by atoms with Crippen molar-refractivity contribution in [3.05, 3.63) is 223 Å². The number of ether oxygens (including phenoxy) is 4. The van der Waals surface area contributed by atoms with Crippen LogP contribution in [-0.2, 0) is 26.1 Å². The lowest BCUT2D eigenvalue weighted by atomic mass is 9.78. The van der Waals surface area contributed by atoms with Gasteiger partial charge in [0, 0.05) is 15.3 Å². The van der Waals surface area contributed by atoms with E-state index in [0.717, 1.165) is 11.1 Å². The third-order valence-corrected chi connectivity index (χ3v) is 10.2. The average molecular weight is 767 g/mol. The second-order valence-electron chi connectivity index (χ2n) is 14.2. The van der Waals surface area contributed by atoms with Gasteiger partial charge in [-0.3, -0.25) is 20.2 Å². The number of benzene rings is 6. The smallest absolute Gasteiger partial charge is 0.240 e. The molecule has 6 aromatic carbocycles. The van der Waals surface area contributed by atoms with Gasteiger partial charge in [0.05, 0.1) is 13.2 Å². The van der Waals surface area contributed by atoms with Crippen molar-refractivity contribution in [2.45, 2.75) is 30.5 Å². The topological polar surface area (TPSA) is 123 Å². The Kier molecular flexibility index (Phi) is 13.1. The van der Waals surface area contributed by atoms with Crippen LogP contribution in [0.25, 0.3) is 0 Å². The van der Waals surface area contributed by atoms with E-state index in [0.29, 0.717) is 33.8 Å². The fourth-order valence-electron chi connectivity index (χ4n) is 7.17. The van der Waals surface area contributed by atoms with Crippen LogP contribution >= 0.6 is 0 Å². The van der Waals surface area contributed by atoms with Crippen molar-refractivity contribution in [1.29, 1.82) is 0 Å². The first-order chi connectivity index (χ1) is 27.6. The molecule has 0 radical (unpaired) electrons. The first-order valence-electron chi connectivity index (χ1n) is 18.8. The molecule has 0 saturated heterocycles. The summed E-state index contributed by atoms with van der Waals surface area (Å²) in [4.78, 5) is 23.1. The lowest BCUT2D eigenvalue weighted by molar-refractivity contribution is -0.501. The molecule has 292 valence electrons. The van der Waals surface area contributed by atoms with Crippen molar-refractivity contribution in [3.8, 4) is 11.5 Å². The summed E-state index contributed by atoms with van der Waals surface area (Å²) in [5.41, 5.74) is 2.08. The van der Waals surface area contributed by atoms with Gasteiger partial charge < -0.3 is 18.9 Å². The van der Waals surface area contributed by atoms with Crippen molar-refractivity contribution >= 4 is 0 Å². The highest BCUT2D eigenvalue weighted by atomic mass is 16.6.